The smallest absolute Gasteiger partial charge is 0.504 e. The number of hydrogen-bond donors (Lipinski definition) is 6. The van der Waals surface area contributed by atoms with Gasteiger partial charge in [0, 0.05) is 17.5 Å². The van der Waals surface area contributed by atoms with E-state index in [1.54, 1.807) is 0 Å². The Morgan fingerprint density at radius 1 is 1.21 bits per heavy atom. The van der Waals surface area contributed by atoms with Crippen molar-refractivity contribution >= 4 is 61.5 Å². The average Bonchev–Trinajstić information content (AvgIpc) is 3.26. The molecule has 1 aromatic carbocycles. The average molecular weight is 584 g/mol. The molecule has 1 aliphatic rings. The van der Waals surface area contributed by atoms with E-state index in [2.05, 4.69) is 30.2 Å². The molecule has 3 aromatic rings. The lowest BCUT2D eigenvalue weighted by Gasteiger charge is -2.42. The number of carboxylic acid groups (broad SMARTS) is 1. The van der Waals surface area contributed by atoms with E-state index < -0.39 is 70.1 Å². The van der Waals surface area contributed by atoms with Gasteiger partial charge < -0.3 is 35.9 Å². The lowest BCUT2D eigenvalue weighted by molar-refractivity contribution is -0.143. The van der Waals surface area contributed by atoms with Gasteiger partial charge >= 0.3 is 16.5 Å². The Morgan fingerprint density at radius 2 is 1.85 bits per heavy atom. The van der Waals surface area contributed by atoms with Gasteiger partial charge in [-0.05, 0) is 6.92 Å². The maximum atomic E-state index is 12.9. The van der Waals surface area contributed by atoms with E-state index in [-0.39, 0.29) is 31.9 Å². The maximum absolute atomic E-state index is 12.9. The Bertz CT molecular complexity index is 1640. The van der Waals surface area contributed by atoms with Crippen LogP contribution in [0.1, 0.15) is 18.3 Å². The zero-order valence-electron chi connectivity index (χ0n) is 19.4. The van der Waals surface area contributed by atoms with Crippen LogP contribution in [0.15, 0.2) is 22.7 Å². The second-order valence-electron chi connectivity index (χ2n) is 7.76. The van der Waals surface area contributed by atoms with Gasteiger partial charge in [-0.2, -0.15) is 8.42 Å². The summed E-state index contributed by atoms with van der Waals surface area (Å²) in [4.78, 5) is 53.3. The van der Waals surface area contributed by atoms with E-state index in [1.807, 2.05) is 0 Å². The molecule has 206 valence electrons. The number of benzene rings is 1. The van der Waals surface area contributed by atoms with Crippen LogP contribution in [0.4, 0.5) is 9.93 Å². The van der Waals surface area contributed by atoms with Gasteiger partial charge in [-0.25, -0.2) is 24.1 Å². The van der Waals surface area contributed by atoms with Crippen molar-refractivity contribution in [3.05, 3.63) is 28.9 Å². The summed E-state index contributed by atoms with van der Waals surface area (Å²) < 4.78 is 36.5. The van der Waals surface area contributed by atoms with Crippen molar-refractivity contribution in [1.29, 1.82) is 0 Å². The number of phenols is 2. The number of aromatic nitrogens is 3. The fourth-order valence-electron chi connectivity index (χ4n) is 3.43. The molecule has 0 bridgehead atoms. The second kappa shape index (κ2) is 10.2. The Kier molecular flexibility index (Phi) is 7.09. The molecule has 0 unspecified atom stereocenters. The van der Waals surface area contributed by atoms with Gasteiger partial charge in [0.1, 0.15) is 17.4 Å². The van der Waals surface area contributed by atoms with Crippen molar-refractivity contribution in [2.24, 2.45) is 5.16 Å². The molecular weight excluding hydrogens is 566 g/mol. The number of β-lactam (4-membered cyclic amide) rings is 1. The number of amides is 2. The number of rotatable bonds is 8. The lowest BCUT2D eigenvalue weighted by Crippen LogP contribution is -2.71. The number of hydrogen-bond acceptors (Lipinski definition) is 15. The van der Waals surface area contributed by atoms with Crippen molar-refractivity contribution < 1.29 is 52.2 Å². The number of fused-ring (bicyclic) bond motifs is 1. The summed E-state index contributed by atoms with van der Waals surface area (Å²) in [6.45, 7) is 0.646. The van der Waals surface area contributed by atoms with Crippen molar-refractivity contribution in [1.82, 2.24) is 24.6 Å². The number of nitrogens with one attached hydrogen (secondary N) is 1. The van der Waals surface area contributed by atoms with Crippen molar-refractivity contribution in [2.75, 3.05) is 5.73 Å². The minimum Gasteiger partial charge on any atom is -0.504 e. The van der Waals surface area contributed by atoms with Crippen LogP contribution in [-0.4, -0.2) is 83.3 Å². The number of ether oxygens (including phenoxy) is 1. The molecule has 2 amide bonds. The Labute approximate surface area is 221 Å². The van der Waals surface area contributed by atoms with Crippen molar-refractivity contribution in [2.45, 2.75) is 25.6 Å². The molecule has 3 heterocycles. The molecule has 0 aliphatic carbocycles. The summed E-state index contributed by atoms with van der Waals surface area (Å²) >= 11 is 0.948. The molecule has 39 heavy (non-hydrogen) atoms. The SMILES string of the molecule is C[C@H]1[C@@H](NC(=O)/C(=N\OCc2nc3cc(O)c(O)cc3nc2OC(=O)O)c2csc(N)n2)C(=O)N1S(=O)(=O)O. The predicted molar refractivity (Wildman–Crippen MR) is 129 cm³/mol. The fraction of sp³-hybridized carbons (Fsp3) is 0.211. The molecule has 2 aromatic heterocycles. The highest BCUT2D eigenvalue weighted by Gasteiger charge is 2.51. The molecule has 0 spiro atoms. The topological polar surface area (TPSA) is 277 Å². The normalized spacial score (nSPS) is 17.5. The molecule has 0 radical (unpaired) electrons. The first kappa shape index (κ1) is 27.2. The molecule has 1 saturated heterocycles. The first-order valence-corrected chi connectivity index (χ1v) is 12.7. The minimum absolute atomic E-state index is 0.0231. The number of nitrogen functional groups attached to an aromatic ring is 1. The highest BCUT2D eigenvalue weighted by molar-refractivity contribution is 7.84. The third-order valence-corrected chi connectivity index (χ3v) is 6.87. The van der Waals surface area contributed by atoms with Gasteiger partial charge in [-0.3, -0.25) is 14.1 Å². The Balaban J connectivity index is 1.60. The number of anilines is 1. The molecule has 1 fully saturated rings. The van der Waals surface area contributed by atoms with E-state index >= 15 is 0 Å². The van der Waals surface area contributed by atoms with Crippen LogP contribution in [0.25, 0.3) is 11.0 Å². The van der Waals surface area contributed by atoms with Crippen LogP contribution >= 0.6 is 11.3 Å². The summed E-state index contributed by atoms with van der Waals surface area (Å²) in [7, 11) is -4.83. The summed E-state index contributed by atoms with van der Waals surface area (Å²) in [6, 6.07) is -0.362. The molecule has 20 heteroatoms. The van der Waals surface area contributed by atoms with Crippen molar-refractivity contribution in [3.8, 4) is 17.4 Å². The van der Waals surface area contributed by atoms with Crippen LogP contribution in [0.5, 0.6) is 17.4 Å². The van der Waals surface area contributed by atoms with Crippen LogP contribution < -0.4 is 15.8 Å². The molecule has 2 atom stereocenters. The number of carbonyl (C=O) groups is 3. The zero-order chi connectivity index (χ0) is 28.6. The van der Waals surface area contributed by atoms with Crippen LogP contribution in [0.3, 0.4) is 0 Å². The number of oxime groups is 1. The summed E-state index contributed by atoms with van der Waals surface area (Å²) in [5, 5.41) is 35.8. The number of nitrogens with zero attached hydrogens (tertiary/aromatic N) is 5. The van der Waals surface area contributed by atoms with Crippen LogP contribution in [-0.2, 0) is 31.3 Å². The van der Waals surface area contributed by atoms with Gasteiger partial charge in [0.15, 0.2) is 28.9 Å². The van der Waals surface area contributed by atoms with E-state index in [9.17, 15) is 33.0 Å². The monoisotopic (exact) mass is 583 g/mol. The third-order valence-electron chi connectivity index (χ3n) is 5.19. The number of phenolic OH excluding ortho intramolecular Hbond substituents is 2. The van der Waals surface area contributed by atoms with Gasteiger partial charge in [-0.1, -0.05) is 5.16 Å². The number of thiazole rings is 1. The standard InChI is InChI=1S/C19H17N7O11S2/c1-6-13(17(30)26(6)39(33,34)35)24-15(29)14(10-5-38-18(20)23-10)25-36-4-9-16(37-19(31)32)22-8-3-12(28)11(27)2-7(8)21-9/h2-3,5-6,13,27-28H,4H2,1H3,(H2,20,23)(H,24,29)(H,31,32)(H,33,34,35)/b25-14-/t6-,13+/m0/s1. The van der Waals surface area contributed by atoms with Crippen LogP contribution in [0.2, 0.25) is 0 Å². The van der Waals surface area contributed by atoms with E-state index in [1.165, 1.54) is 12.3 Å². The maximum Gasteiger partial charge on any atom is 0.512 e. The molecule has 18 nitrogen and oxygen atoms in total. The number of nitrogens with two attached hydrogens (primary N) is 1. The Morgan fingerprint density at radius 3 is 2.38 bits per heavy atom. The largest absolute Gasteiger partial charge is 0.512 e. The van der Waals surface area contributed by atoms with Gasteiger partial charge in [0.2, 0.25) is 0 Å². The summed E-state index contributed by atoms with van der Waals surface area (Å²) in [5.74, 6) is -3.72. The third kappa shape index (κ3) is 5.56. The molecule has 7 N–H and O–H groups in total. The molecule has 4 rings (SSSR count). The first-order valence-electron chi connectivity index (χ1n) is 10.4. The molecule has 1 aliphatic heterocycles. The van der Waals surface area contributed by atoms with E-state index in [4.69, 9.17) is 20.2 Å². The van der Waals surface area contributed by atoms with E-state index in [0.717, 1.165) is 23.5 Å². The van der Waals surface area contributed by atoms with Gasteiger partial charge in [-0.15, -0.1) is 11.3 Å². The zero-order valence-corrected chi connectivity index (χ0v) is 21.0. The highest BCUT2D eigenvalue weighted by Crippen LogP contribution is 2.30. The Hall–Kier alpha value is -4.82. The van der Waals surface area contributed by atoms with Crippen LogP contribution in [0, 0.1) is 0 Å². The highest BCUT2D eigenvalue weighted by atomic mass is 32.2. The summed E-state index contributed by atoms with van der Waals surface area (Å²) in [6.07, 6.45) is -1.74. The first-order chi connectivity index (χ1) is 18.3. The fourth-order valence-corrected chi connectivity index (χ4v) is 4.86. The van der Waals surface area contributed by atoms with Gasteiger partial charge in [0.05, 0.1) is 17.1 Å². The van der Waals surface area contributed by atoms with E-state index in [0.29, 0.717) is 0 Å². The predicted octanol–water partition coefficient (Wildman–Crippen LogP) is -0.424. The molecular formula is C19H17N7O11S2. The summed E-state index contributed by atoms with van der Waals surface area (Å²) in [5.41, 5.74) is 4.82. The van der Waals surface area contributed by atoms with Crippen molar-refractivity contribution in [3.63, 3.8) is 0 Å². The number of aromatic hydroxyl groups is 2. The van der Waals surface area contributed by atoms with Gasteiger partial charge in [0.25, 0.3) is 17.7 Å². The quantitative estimate of drug-likeness (QED) is 0.0490. The minimum atomic E-state index is -4.83. The molecule has 0 saturated carbocycles. The second-order valence-corrected chi connectivity index (χ2v) is 9.94. The lowest BCUT2D eigenvalue weighted by atomic mass is 10.0. The number of carbonyl (C=O) groups excluding carboxylic acids is 2.